The minimum atomic E-state index is 1.07. The van der Waals surface area contributed by atoms with E-state index >= 15 is 0 Å². The Bertz CT molecular complexity index is 3680. The summed E-state index contributed by atoms with van der Waals surface area (Å²) >= 11 is 0. The largest absolute Gasteiger partial charge is 0.310 e. The van der Waals surface area contributed by atoms with Gasteiger partial charge >= 0.3 is 0 Å². The summed E-state index contributed by atoms with van der Waals surface area (Å²) in [5.74, 6) is 0. The molecule has 0 spiro atoms. The summed E-state index contributed by atoms with van der Waals surface area (Å²) in [6.45, 7) is 0. The maximum atomic E-state index is 2.44. The molecule has 0 bridgehead atoms. The van der Waals surface area contributed by atoms with Crippen molar-refractivity contribution in [2.24, 2.45) is 0 Å². The van der Waals surface area contributed by atoms with E-state index < -0.39 is 0 Å². The van der Waals surface area contributed by atoms with E-state index in [1.165, 1.54) is 77.1 Å². The highest BCUT2D eigenvalue weighted by Gasteiger charge is 2.22. The topological polar surface area (TPSA) is 8.17 Å². The third kappa shape index (κ3) is 7.02. The van der Waals surface area contributed by atoms with Gasteiger partial charge in [0.05, 0.1) is 16.7 Å². The van der Waals surface area contributed by atoms with Crippen LogP contribution in [0.4, 0.5) is 17.1 Å². The molecule has 0 aliphatic rings. The minimum Gasteiger partial charge on any atom is -0.310 e. The summed E-state index contributed by atoms with van der Waals surface area (Å²) < 4.78 is 2.40. The van der Waals surface area contributed by atoms with Gasteiger partial charge in [-0.05, 0) is 115 Å². The Labute approximate surface area is 385 Å². The second-order valence-corrected chi connectivity index (χ2v) is 16.9. The lowest BCUT2D eigenvalue weighted by molar-refractivity contribution is 1.18. The highest BCUT2D eigenvalue weighted by atomic mass is 15.1. The van der Waals surface area contributed by atoms with Gasteiger partial charge in [-0.1, -0.05) is 212 Å². The number of hydrogen-bond donors (Lipinski definition) is 0. The minimum absolute atomic E-state index is 1.07. The Morgan fingerprint density at radius 3 is 1.47 bits per heavy atom. The van der Waals surface area contributed by atoms with Gasteiger partial charge < -0.3 is 9.47 Å². The maximum absolute atomic E-state index is 2.44. The summed E-state index contributed by atoms with van der Waals surface area (Å²) in [6, 6.07) is 96.9. The van der Waals surface area contributed by atoms with Crippen LogP contribution in [0, 0.1) is 0 Å². The van der Waals surface area contributed by atoms with Crippen molar-refractivity contribution in [3.63, 3.8) is 0 Å². The quantitative estimate of drug-likeness (QED) is 0.141. The normalized spacial score (nSPS) is 11.3. The fourth-order valence-electron chi connectivity index (χ4n) is 9.84. The van der Waals surface area contributed by atoms with Crippen molar-refractivity contribution >= 4 is 49.6 Å². The highest BCUT2D eigenvalue weighted by molar-refractivity contribution is 6.10. The van der Waals surface area contributed by atoms with Crippen LogP contribution >= 0.6 is 0 Å². The van der Waals surface area contributed by atoms with Gasteiger partial charge in [-0.15, -0.1) is 0 Å². The zero-order chi connectivity index (χ0) is 43.8. The van der Waals surface area contributed by atoms with E-state index in [9.17, 15) is 0 Å². The number of para-hydroxylation sites is 3. The number of rotatable bonds is 9. The molecule has 66 heavy (non-hydrogen) atoms. The van der Waals surface area contributed by atoms with Crippen LogP contribution < -0.4 is 4.90 Å². The van der Waals surface area contributed by atoms with Gasteiger partial charge in [0.25, 0.3) is 0 Å². The Hall–Kier alpha value is -8.72. The average molecular weight is 841 g/mol. The van der Waals surface area contributed by atoms with E-state index in [4.69, 9.17) is 0 Å². The van der Waals surface area contributed by atoms with E-state index in [-0.39, 0.29) is 0 Å². The van der Waals surface area contributed by atoms with Crippen LogP contribution in [-0.2, 0) is 0 Å². The molecule has 0 aliphatic heterocycles. The number of hydrogen-bond acceptors (Lipinski definition) is 1. The van der Waals surface area contributed by atoms with E-state index in [2.05, 4.69) is 276 Å². The van der Waals surface area contributed by atoms with Crippen molar-refractivity contribution in [2.45, 2.75) is 0 Å². The van der Waals surface area contributed by atoms with Gasteiger partial charge in [0, 0.05) is 33.4 Å². The van der Waals surface area contributed by atoms with Crippen molar-refractivity contribution in [2.75, 3.05) is 4.90 Å². The first-order valence-corrected chi connectivity index (χ1v) is 22.7. The monoisotopic (exact) mass is 840 g/mol. The molecule has 12 rings (SSSR count). The first kappa shape index (κ1) is 38.9. The number of fused-ring (bicyclic) bond motifs is 4. The molecule has 2 heteroatoms. The molecule has 0 saturated carbocycles. The van der Waals surface area contributed by atoms with Crippen LogP contribution in [0.15, 0.2) is 267 Å². The third-order valence-electron chi connectivity index (χ3n) is 13.0. The van der Waals surface area contributed by atoms with Crippen LogP contribution in [0.5, 0.6) is 0 Å². The van der Waals surface area contributed by atoms with Crippen LogP contribution in [0.25, 0.3) is 93.9 Å². The zero-order valence-corrected chi connectivity index (χ0v) is 36.3. The summed E-state index contributed by atoms with van der Waals surface area (Å²) in [5.41, 5.74) is 18.6. The van der Waals surface area contributed by atoms with Gasteiger partial charge in [0.2, 0.25) is 0 Å². The summed E-state index contributed by atoms with van der Waals surface area (Å²) in [6.07, 6.45) is 0. The van der Waals surface area contributed by atoms with E-state index in [1.54, 1.807) is 0 Å². The lowest BCUT2D eigenvalue weighted by Crippen LogP contribution is -2.11. The van der Waals surface area contributed by atoms with Gasteiger partial charge in [-0.25, -0.2) is 0 Å². The lowest BCUT2D eigenvalue weighted by Gasteiger charge is -2.29. The van der Waals surface area contributed by atoms with Crippen molar-refractivity contribution in [1.29, 1.82) is 0 Å². The molecular weight excluding hydrogens is 797 g/mol. The number of anilines is 3. The number of nitrogens with zero attached hydrogens (tertiary/aromatic N) is 2. The predicted octanol–water partition coefficient (Wildman–Crippen LogP) is 17.7. The predicted molar refractivity (Wildman–Crippen MR) is 280 cm³/mol. The molecule has 310 valence electrons. The van der Waals surface area contributed by atoms with Crippen LogP contribution in [0.2, 0.25) is 0 Å². The number of benzene rings is 11. The maximum Gasteiger partial charge on any atom is 0.0561 e. The zero-order valence-electron chi connectivity index (χ0n) is 36.3. The van der Waals surface area contributed by atoms with Crippen LogP contribution in [0.3, 0.4) is 0 Å². The molecule has 2 nitrogen and oxygen atoms in total. The SMILES string of the molecule is c1ccc(-c2ccccc2-c2ccccc2-c2ccccc2N(c2ccc(-c3ccc(-c4ccc5ccccc5c4)cc3)cc2)c2ccc3c4ccccc4n(-c4ccccc4)c3c2)cc1. The van der Waals surface area contributed by atoms with E-state index in [0.29, 0.717) is 0 Å². The molecule has 0 saturated heterocycles. The van der Waals surface area contributed by atoms with Gasteiger partial charge in [0.15, 0.2) is 0 Å². The van der Waals surface area contributed by atoms with Crippen LogP contribution in [0.1, 0.15) is 0 Å². The smallest absolute Gasteiger partial charge is 0.0561 e. The molecule has 0 fully saturated rings. The molecule has 1 aromatic heterocycles. The molecule has 12 aromatic rings. The molecule has 0 radical (unpaired) electrons. The van der Waals surface area contributed by atoms with Gasteiger partial charge in [-0.3, -0.25) is 0 Å². The molecule has 1 heterocycles. The first-order chi connectivity index (χ1) is 32.7. The van der Waals surface area contributed by atoms with E-state index in [1.807, 2.05) is 0 Å². The summed E-state index contributed by atoms with van der Waals surface area (Å²) in [7, 11) is 0. The third-order valence-corrected chi connectivity index (χ3v) is 13.0. The molecule has 0 amide bonds. The summed E-state index contributed by atoms with van der Waals surface area (Å²) in [4.78, 5) is 2.44. The Morgan fingerprint density at radius 2 is 0.742 bits per heavy atom. The molecular formula is C64H44N2. The van der Waals surface area contributed by atoms with Crippen LogP contribution in [-0.4, -0.2) is 4.57 Å². The highest BCUT2D eigenvalue weighted by Crippen LogP contribution is 2.46. The molecule has 11 aromatic carbocycles. The van der Waals surface area contributed by atoms with E-state index in [0.717, 1.165) is 33.8 Å². The molecule has 0 atom stereocenters. The average Bonchev–Trinajstić information content (AvgIpc) is 3.73. The standard InChI is InChI=1S/C64H44N2/c1-3-18-49(19-4-1)55-23-9-10-24-56(55)57-25-11-12-26-58(57)59-27-13-15-29-62(59)65(54-41-42-61-60-28-14-16-30-63(60)66(64(61)44-54)52-21-5-2-6-22-52)53-39-37-47(38-40-53)46-31-33-48(34-32-46)51-36-35-45-17-7-8-20-50(45)43-51/h1-44H. The van der Waals surface area contributed by atoms with Crippen molar-refractivity contribution in [1.82, 2.24) is 4.57 Å². The fraction of sp³-hybridized carbons (Fsp3) is 0. The van der Waals surface area contributed by atoms with Crippen molar-refractivity contribution in [3.8, 4) is 61.3 Å². The van der Waals surface area contributed by atoms with Gasteiger partial charge in [0.1, 0.15) is 0 Å². The second-order valence-electron chi connectivity index (χ2n) is 16.9. The Kier molecular flexibility index (Phi) is 9.89. The molecule has 0 unspecified atom stereocenters. The fourth-order valence-corrected chi connectivity index (χ4v) is 9.84. The molecule has 0 aliphatic carbocycles. The molecule has 0 N–H and O–H groups in total. The first-order valence-electron chi connectivity index (χ1n) is 22.7. The Balaban J connectivity index is 1.01. The van der Waals surface area contributed by atoms with Gasteiger partial charge in [-0.2, -0.15) is 0 Å². The second kappa shape index (κ2) is 16.8. The van der Waals surface area contributed by atoms with Crippen molar-refractivity contribution in [3.05, 3.63) is 267 Å². The summed E-state index contributed by atoms with van der Waals surface area (Å²) in [5, 5.41) is 4.96. The Morgan fingerprint density at radius 1 is 0.258 bits per heavy atom. The lowest BCUT2D eigenvalue weighted by atomic mass is 9.88. The van der Waals surface area contributed by atoms with Crippen molar-refractivity contribution < 1.29 is 0 Å². The number of aromatic nitrogens is 1.